The Labute approximate surface area is 196 Å². The number of morpholine rings is 1. The van der Waals surface area contributed by atoms with E-state index in [0.717, 1.165) is 37.7 Å². The first-order valence-electron chi connectivity index (χ1n) is 11.7. The van der Waals surface area contributed by atoms with Crippen LogP contribution in [0.15, 0.2) is 48.5 Å². The fourth-order valence-electron chi connectivity index (χ4n) is 3.69. The quantitative estimate of drug-likeness (QED) is 0.591. The van der Waals surface area contributed by atoms with Crippen molar-refractivity contribution in [1.29, 1.82) is 0 Å². The van der Waals surface area contributed by atoms with Crippen molar-refractivity contribution < 1.29 is 19.1 Å². The number of anilines is 2. The number of hydrogen-bond donors (Lipinski definition) is 1. The van der Waals surface area contributed by atoms with Gasteiger partial charge in [0.2, 0.25) is 11.8 Å². The Hall–Kier alpha value is -3.06. The third-order valence-electron chi connectivity index (χ3n) is 5.73. The molecular formula is C26H35N3O4. The molecule has 7 nitrogen and oxygen atoms in total. The second kappa shape index (κ2) is 12.3. The molecule has 2 aromatic rings. The molecule has 3 rings (SSSR count). The van der Waals surface area contributed by atoms with Gasteiger partial charge >= 0.3 is 0 Å². The van der Waals surface area contributed by atoms with Crippen LogP contribution in [0.25, 0.3) is 0 Å². The minimum absolute atomic E-state index is 0.0175. The monoisotopic (exact) mass is 453 g/mol. The first-order chi connectivity index (χ1) is 16.0. The van der Waals surface area contributed by atoms with Crippen molar-refractivity contribution in [1.82, 2.24) is 4.90 Å². The number of carbonyl (C=O) groups excluding carboxylic acids is 2. The van der Waals surface area contributed by atoms with Crippen molar-refractivity contribution in [2.75, 3.05) is 56.2 Å². The van der Waals surface area contributed by atoms with E-state index in [0.29, 0.717) is 18.2 Å². The molecule has 0 saturated carbocycles. The molecule has 1 fully saturated rings. The minimum Gasteiger partial charge on any atom is -0.493 e. The van der Waals surface area contributed by atoms with E-state index in [4.69, 9.17) is 9.47 Å². The number of likely N-dealkylation sites (N-methyl/N-ethyl adjacent to an activating group) is 1. The molecule has 33 heavy (non-hydrogen) atoms. The summed E-state index contributed by atoms with van der Waals surface area (Å²) in [5.41, 5.74) is 3.08. The fraction of sp³-hybridized carbons (Fsp3) is 0.462. The molecular weight excluding hydrogens is 418 g/mol. The van der Waals surface area contributed by atoms with Gasteiger partial charge in [-0.05, 0) is 54.8 Å². The van der Waals surface area contributed by atoms with Gasteiger partial charge < -0.3 is 24.6 Å². The molecule has 0 atom stereocenters. The van der Waals surface area contributed by atoms with Gasteiger partial charge in [0.1, 0.15) is 5.75 Å². The summed E-state index contributed by atoms with van der Waals surface area (Å²) in [6.07, 6.45) is 0.224. The SMILES string of the molecule is CCN(CC(=O)Nc1ccc(N2CCOCC2)cc1)C(=O)CCOc1ccc(C(C)C)cc1. The van der Waals surface area contributed by atoms with Crippen molar-refractivity contribution in [2.24, 2.45) is 0 Å². The number of benzene rings is 2. The zero-order valence-corrected chi connectivity index (χ0v) is 19.9. The topological polar surface area (TPSA) is 71.1 Å². The maximum atomic E-state index is 12.6. The molecule has 1 N–H and O–H groups in total. The van der Waals surface area contributed by atoms with Crippen molar-refractivity contribution in [2.45, 2.75) is 33.1 Å². The maximum Gasteiger partial charge on any atom is 0.243 e. The van der Waals surface area contributed by atoms with Crippen LogP contribution in [0.3, 0.4) is 0 Å². The van der Waals surface area contributed by atoms with E-state index in [-0.39, 0.29) is 31.4 Å². The van der Waals surface area contributed by atoms with E-state index in [9.17, 15) is 9.59 Å². The van der Waals surface area contributed by atoms with Crippen LogP contribution in [0.4, 0.5) is 11.4 Å². The van der Waals surface area contributed by atoms with Gasteiger partial charge in [0.05, 0.1) is 32.8 Å². The molecule has 0 bridgehead atoms. The molecule has 0 aliphatic carbocycles. The molecule has 1 heterocycles. The molecule has 1 aliphatic rings. The van der Waals surface area contributed by atoms with Crippen LogP contribution in [0, 0.1) is 0 Å². The fourth-order valence-corrected chi connectivity index (χ4v) is 3.69. The molecule has 1 saturated heterocycles. The predicted octanol–water partition coefficient (Wildman–Crippen LogP) is 3.90. The van der Waals surface area contributed by atoms with Crippen molar-refractivity contribution in [3.05, 3.63) is 54.1 Å². The summed E-state index contributed by atoms with van der Waals surface area (Å²) in [7, 11) is 0. The molecule has 7 heteroatoms. The highest BCUT2D eigenvalue weighted by Gasteiger charge is 2.16. The summed E-state index contributed by atoms with van der Waals surface area (Å²) in [5.74, 6) is 0.893. The van der Waals surface area contributed by atoms with Crippen LogP contribution in [0.1, 0.15) is 38.7 Å². The maximum absolute atomic E-state index is 12.6. The van der Waals surface area contributed by atoms with Gasteiger partial charge in [0.25, 0.3) is 0 Å². The third-order valence-corrected chi connectivity index (χ3v) is 5.73. The summed E-state index contributed by atoms with van der Waals surface area (Å²) >= 11 is 0. The van der Waals surface area contributed by atoms with Gasteiger partial charge in [-0.15, -0.1) is 0 Å². The van der Waals surface area contributed by atoms with Gasteiger partial charge in [0, 0.05) is 31.0 Å². The van der Waals surface area contributed by atoms with Gasteiger partial charge in [-0.25, -0.2) is 0 Å². The lowest BCUT2D eigenvalue weighted by molar-refractivity contribution is -0.134. The number of hydrogen-bond acceptors (Lipinski definition) is 5. The normalized spacial score (nSPS) is 13.6. The van der Waals surface area contributed by atoms with Crippen LogP contribution >= 0.6 is 0 Å². The molecule has 178 valence electrons. The molecule has 0 aromatic heterocycles. The van der Waals surface area contributed by atoms with Gasteiger partial charge in [-0.2, -0.15) is 0 Å². The third kappa shape index (κ3) is 7.49. The lowest BCUT2D eigenvalue weighted by atomic mass is 10.0. The lowest BCUT2D eigenvalue weighted by Gasteiger charge is -2.29. The Morgan fingerprint density at radius 3 is 2.33 bits per heavy atom. The zero-order chi connectivity index (χ0) is 23.6. The van der Waals surface area contributed by atoms with Crippen molar-refractivity contribution >= 4 is 23.2 Å². The minimum atomic E-state index is -0.213. The smallest absolute Gasteiger partial charge is 0.243 e. The molecule has 0 spiro atoms. The highest BCUT2D eigenvalue weighted by Crippen LogP contribution is 2.20. The highest BCUT2D eigenvalue weighted by molar-refractivity contribution is 5.94. The van der Waals surface area contributed by atoms with Crippen LogP contribution in [-0.4, -0.2) is 62.7 Å². The summed E-state index contributed by atoms with van der Waals surface area (Å²) in [4.78, 5) is 28.9. The summed E-state index contributed by atoms with van der Waals surface area (Å²) in [5, 5.41) is 2.88. The number of amides is 2. The van der Waals surface area contributed by atoms with E-state index < -0.39 is 0 Å². The number of nitrogens with one attached hydrogen (secondary N) is 1. The summed E-state index contributed by atoms with van der Waals surface area (Å²) < 4.78 is 11.1. The van der Waals surface area contributed by atoms with Gasteiger partial charge in [-0.3, -0.25) is 9.59 Å². The standard InChI is InChI=1S/C26H35N3O4/c1-4-28(26(31)13-16-33-24-11-5-21(6-12-24)20(2)3)19-25(30)27-22-7-9-23(10-8-22)29-14-17-32-18-15-29/h5-12,20H,4,13-19H2,1-3H3,(H,27,30). The first kappa shape index (κ1) is 24.6. The van der Waals surface area contributed by atoms with E-state index in [1.165, 1.54) is 5.56 Å². The van der Waals surface area contributed by atoms with Crippen LogP contribution in [0.5, 0.6) is 5.75 Å². The number of rotatable bonds is 10. The second-order valence-corrected chi connectivity index (χ2v) is 8.42. The average Bonchev–Trinajstić information content (AvgIpc) is 2.83. The van der Waals surface area contributed by atoms with Crippen LogP contribution < -0.4 is 15.0 Å². The van der Waals surface area contributed by atoms with Crippen LogP contribution in [-0.2, 0) is 14.3 Å². The number of carbonyl (C=O) groups is 2. The second-order valence-electron chi connectivity index (χ2n) is 8.42. The van der Waals surface area contributed by atoms with E-state index in [1.54, 1.807) is 4.90 Å². The Morgan fingerprint density at radius 2 is 1.73 bits per heavy atom. The molecule has 2 amide bonds. The summed E-state index contributed by atoms with van der Waals surface area (Å²) in [6.45, 7) is 10.1. The lowest BCUT2D eigenvalue weighted by Crippen LogP contribution is -2.38. The molecule has 0 radical (unpaired) electrons. The number of nitrogens with zero attached hydrogens (tertiary/aromatic N) is 2. The summed E-state index contributed by atoms with van der Waals surface area (Å²) in [6, 6.07) is 15.7. The molecule has 0 unspecified atom stereocenters. The Balaban J connectivity index is 1.43. The van der Waals surface area contributed by atoms with Gasteiger partial charge in [0.15, 0.2) is 0 Å². The zero-order valence-electron chi connectivity index (χ0n) is 19.9. The van der Waals surface area contributed by atoms with Crippen molar-refractivity contribution in [3.8, 4) is 5.75 Å². The Morgan fingerprint density at radius 1 is 1.06 bits per heavy atom. The Bertz CT molecular complexity index is 891. The van der Waals surface area contributed by atoms with Crippen molar-refractivity contribution in [3.63, 3.8) is 0 Å². The molecule has 1 aliphatic heterocycles. The highest BCUT2D eigenvalue weighted by atomic mass is 16.5. The van der Waals surface area contributed by atoms with Crippen LogP contribution in [0.2, 0.25) is 0 Å². The largest absolute Gasteiger partial charge is 0.493 e. The predicted molar refractivity (Wildman–Crippen MR) is 131 cm³/mol. The van der Waals surface area contributed by atoms with E-state index in [1.807, 2.05) is 55.5 Å². The molecule has 2 aromatic carbocycles. The van der Waals surface area contributed by atoms with E-state index >= 15 is 0 Å². The average molecular weight is 454 g/mol. The number of ether oxygens (including phenoxy) is 2. The Kier molecular flexibility index (Phi) is 9.13. The van der Waals surface area contributed by atoms with Gasteiger partial charge in [-0.1, -0.05) is 26.0 Å². The first-order valence-corrected chi connectivity index (χ1v) is 11.7. The van der Waals surface area contributed by atoms with E-state index in [2.05, 4.69) is 24.1 Å².